The summed E-state index contributed by atoms with van der Waals surface area (Å²) in [6.07, 6.45) is 0. The monoisotopic (exact) mass is 256 g/mol. The third-order valence-corrected chi connectivity index (χ3v) is 4.02. The van der Waals surface area contributed by atoms with Crippen LogP contribution in [0.25, 0.3) is 0 Å². The zero-order valence-corrected chi connectivity index (χ0v) is 10.8. The van der Waals surface area contributed by atoms with E-state index in [9.17, 15) is 8.42 Å². The van der Waals surface area contributed by atoms with Crippen LogP contribution in [0.5, 0.6) is 5.75 Å². The van der Waals surface area contributed by atoms with Crippen LogP contribution in [0.4, 0.5) is 11.4 Å². The van der Waals surface area contributed by atoms with Gasteiger partial charge in [0.25, 0.3) is 0 Å². The molecule has 0 spiro atoms. The van der Waals surface area contributed by atoms with Crippen LogP contribution in [0, 0.1) is 0 Å². The minimum absolute atomic E-state index is 0.0604. The van der Waals surface area contributed by atoms with E-state index in [1.54, 1.807) is 19.1 Å². The average Bonchev–Trinajstić information content (AvgIpc) is 2.29. The van der Waals surface area contributed by atoms with Crippen LogP contribution in [0.2, 0.25) is 0 Å². The predicted octanol–water partition coefficient (Wildman–Crippen LogP) is 1.28. The van der Waals surface area contributed by atoms with Crippen LogP contribution in [-0.4, -0.2) is 34.4 Å². The molecule has 1 aromatic rings. The maximum Gasteiger partial charge on any atom is 0.232 e. The number of rotatable bonds is 3. The summed E-state index contributed by atoms with van der Waals surface area (Å²) in [6, 6.07) is 5.33. The van der Waals surface area contributed by atoms with Gasteiger partial charge in [-0.05, 0) is 19.1 Å². The molecule has 0 amide bonds. The minimum atomic E-state index is -3.23. The third kappa shape index (κ3) is 2.63. The fourth-order valence-corrected chi connectivity index (χ4v) is 2.30. The van der Waals surface area contributed by atoms with Gasteiger partial charge in [-0.2, -0.15) is 0 Å². The van der Waals surface area contributed by atoms with Gasteiger partial charge in [0.2, 0.25) is 10.0 Å². The Morgan fingerprint density at radius 3 is 2.94 bits per heavy atom. The molecule has 2 rings (SSSR count). The van der Waals surface area contributed by atoms with Crippen molar-refractivity contribution in [2.45, 2.75) is 6.92 Å². The topological polar surface area (TPSA) is 58.6 Å². The fraction of sp³-hybridized carbons (Fsp3) is 0.455. The quantitative estimate of drug-likeness (QED) is 0.885. The summed E-state index contributed by atoms with van der Waals surface area (Å²) in [7, 11) is -1.25. The number of hydrogen-bond acceptors (Lipinski definition) is 4. The van der Waals surface area contributed by atoms with E-state index in [-0.39, 0.29) is 5.75 Å². The van der Waals surface area contributed by atoms with Crippen molar-refractivity contribution in [3.63, 3.8) is 0 Å². The zero-order valence-electron chi connectivity index (χ0n) is 9.93. The van der Waals surface area contributed by atoms with Crippen molar-refractivity contribution < 1.29 is 13.2 Å². The Morgan fingerprint density at radius 1 is 1.47 bits per heavy atom. The molecule has 6 heteroatoms. The highest BCUT2D eigenvalue weighted by Gasteiger charge is 2.16. The summed E-state index contributed by atoms with van der Waals surface area (Å²) < 4.78 is 30.9. The van der Waals surface area contributed by atoms with E-state index in [1.165, 1.54) is 0 Å². The summed E-state index contributed by atoms with van der Waals surface area (Å²) in [5.41, 5.74) is 1.52. The number of likely N-dealkylation sites (N-methyl/N-ethyl adjacent to an activating group) is 1. The Labute approximate surface area is 101 Å². The third-order valence-electron chi connectivity index (χ3n) is 2.71. The van der Waals surface area contributed by atoms with Crippen molar-refractivity contribution in [3.05, 3.63) is 18.2 Å². The predicted molar refractivity (Wildman–Crippen MR) is 68.3 cm³/mol. The van der Waals surface area contributed by atoms with Crippen molar-refractivity contribution in [3.8, 4) is 5.75 Å². The van der Waals surface area contributed by atoms with Crippen molar-refractivity contribution in [2.24, 2.45) is 0 Å². The summed E-state index contributed by atoms with van der Waals surface area (Å²) in [6.45, 7) is 3.06. The van der Waals surface area contributed by atoms with E-state index in [4.69, 9.17) is 4.74 Å². The first kappa shape index (κ1) is 12.0. The number of anilines is 2. The molecule has 1 aliphatic heterocycles. The average molecular weight is 256 g/mol. The van der Waals surface area contributed by atoms with Crippen LogP contribution < -0.4 is 14.4 Å². The van der Waals surface area contributed by atoms with Crippen LogP contribution in [-0.2, 0) is 10.0 Å². The summed E-state index contributed by atoms with van der Waals surface area (Å²) in [4.78, 5) is 2.08. The maximum atomic E-state index is 11.4. The molecule has 1 N–H and O–H groups in total. The molecule has 0 bridgehead atoms. The molecular formula is C11H16N2O3S. The molecule has 0 fully saturated rings. The van der Waals surface area contributed by atoms with E-state index in [0.29, 0.717) is 12.3 Å². The Morgan fingerprint density at radius 2 is 2.24 bits per heavy atom. The summed E-state index contributed by atoms with van der Waals surface area (Å²) >= 11 is 0. The number of sulfonamides is 1. The normalized spacial score (nSPS) is 15.1. The van der Waals surface area contributed by atoms with E-state index in [1.807, 2.05) is 13.1 Å². The number of benzene rings is 1. The second kappa shape index (κ2) is 4.44. The van der Waals surface area contributed by atoms with E-state index >= 15 is 0 Å². The molecule has 94 valence electrons. The standard InChI is InChI=1S/C11H16N2O3S/c1-3-17(14,15)12-9-4-5-10-11(8-9)16-7-6-13(10)2/h4-5,8,12H,3,6-7H2,1-2H3. The number of fused-ring (bicyclic) bond motifs is 1. The van der Waals surface area contributed by atoms with Crippen molar-refractivity contribution in [2.75, 3.05) is 35.6 Å². The van der Waals surface area contributed by atoms with Gasteiger partial charge in [0.05, 0.1) is 23.7 Å². The molecule has 5 nitrogen and oxygen atoms in total. The lowest BCUT2D eigenvalue weighted by Gasteiger charge is -2.27. The van der Waals surface area contributed by atoms with E-state index in [0.717, 1.165) is 18.0 Å². The molecule has 0 radical (unpaired) electrons. The highest BCUT2D eigenvalue weighted by atomic mass is 32.2. The molecule has 1 aliphatic rings. The lowest BCUT2D eigenvalue weighted by molar-refractivity contribution is 0.311. The molecule has 1 heterocycles. The van der Waals surface area contributed by atoms with Crippen LogP contribution in [0.15, 0.2) is 18.2 Å². The zero-order chi connectivity index (χ0) is 12.5. The Bertz CT molecular complexity index is 513. The second-order valence-electron chi connectivity index (χ2n) is 3.96. The lowest BCUT2D eigenvalue weighted by atomic mass is 10.2. The molecule has 1 aromatic carbocycles. The van der Waals surface area contributed by atoms with Gasteiger partial charge in [-0.1, -0.05) is 0 Å². The molecule has 0 unspecified atom stereocenters. The van der Waals surface area contributed by atoms with Crippen LogP contribution in [0.3, 0.4) is 0 Å². The van der Waals surface area contributed by atoms with Crippen molar-refractivity contribution in [1.82, 2.24) is 0 Å². The van der Waals surface area contributed by atoms with Gasteiger partial charge in [-0.25, -0.2) is 8.42 Å². The number of hydrogen-bond donors (Lipinski definition) is 1. The Balaban J connectivity index is 2.28. The maximum absolute atomic E-state index is 11.4. The molecule has 0 saturated carbocycles. The number of nitrogens with zero attached hydrogens (tertiary/aromatic N) is 1. The first-order valence-electron chi connectivity index (χ1n) is 5.50. The van der Waals surface area contributed by atoms with Gasteiger partial charge >= 0.3 is 0 Å². The van der Waals surface area contributed by atoms with Gasteiger partial charge in [-0.3, -0.25) is 4.72 Å². The van der Waals surface area contributed by atoms with Crippen molar-refractivity contribution >= 4 is 21.4 Å². The lowest BCUT2D eigenvalue weighted by Crippen LogP contribution is -2.28. The van der Waals surface area contributed by atoms with E-state index in [2.05, 4.69) is 9.62 Å². The number of nitrogens with one attached hydrogen (secondary N) is 1. The smallest absolute Gasteiger partial charge is 0.232 e. The van der Waals surface area contributed by atoms with E-state index < -0.39 is 10.0 Å². The molecule has 0 aromatic heterocycles. The highest BCUT2D eigenvalue weighted by Crippen LogP contribution is 2.33. The second-order valence-corrected chi connectivity index (χ2v) is 5.97. The van der Waals surface area contributed by atoms with Gasteiger partial charge in [0, 0.05) is 13.1 Å². The van der Waals surface area contributed by atoms with Crippen molar-refractivity contribution in [1.29, 1.82) is 0 Å². The van der Waals surface area contributed by atoms with Gasteiger partial charge < -0.3 is 9.64 Å². The largest absolute Gasteiger partial charge is 0.489 e. The molecule has 0 aliphatic carbocycles. The van der Waals surface area contributed by atoms with Crippen LogP contribution in [0.1, 0.15) is 6.92 Å². The number of ether oxygens (including phenoxy) is 1. The molecule has 17 heavy (non-hydrogen) atoms. The fourth-order valence-electron chi connectivity index (χ4n) is 1.67. The van der Waals surface area contributed by atoms with Gasteiger partial charge in [0.1, 0.15) is 12.4 Å². The molecule has 0 atom stereocenters. The first-order valence-corrected chi connectivity index (χ1v) is 7.15. The van der Waals surface area contributed by atoms with Gasteiger partial charge in [0.15, 0.2) is 0 Å². The first-order chi connectivity index (χ1) is 8.02. The Hall–Kier alpha value is -1.43. The summed E-state index contributed by atoms with van der Waals surface area (Å²) in [5.74, 6) is 0.778. The summed E-state index contributed by atoms with van der Waals surface area (Å²) in [5, 5.41) is 0. The Kier molecular flexibility index (Phi) is 3.15. The van der Waals surface area contributed by atoms with Gasteiger partial charge in [-0.15, -0.1) is 0 Å². The molecular weight excluding hydrogens is 240 g/mol. The van der Waals surface area contributed by atoms with Crippen LogP contribution >= 0.6 is 0 Å². The SMILES string of the molecule is CCS(=O)(=O)Nc1ccc2c(c1)OCCN2C. The minimum Gasteiger partial charge on any atom is -0.489 e. The molecule has 0 saturated heterocycles. The highest BCUT2D eigenvalue weighted by molar-refractivity contribution is 7.92.